The number of anilines is 1. The van der Waals surface area contributed by atoms with Crippen LogP contribution in [0.4, 0.5) is 10.1 Å². The van der Waals surface area contributed by atoms with E-state index in [1.165, 1.54) is 31.3 Å². The molecule has 0 heterocycles. The van der Waals surface area contributed by atoms with Crippen LogP contribution in [-0.2, 0) is 4.79 Å². The van der Waals surface area contributed by atoms with Crippen LogP contribution >= 0.6 is 0 Å². The highest BCUT2D eigenvalue weighted by Crippen LogP contribution is 2.07. The lowest BCUT2D eigenvalue weighted by atomic mass is 10.3. The van der Waals surface area contributed by atoms with Crippen molar-refractivity contribution in [3.05, 3.63) is 30.1 Å². The Labute approximate surface area is 92.6 Å². The Bertz CT molecular complexity index is 388. The van der Waals surface area contributed by atoms with Crippen LogP contribution in [0.5, 0.6) is 0 Å². The second-order valence-electron chi connectivity index (χ2n) is 3.02. The Morgan fingerprint density at radius 1 is 1.44 bits per heavy atom. The standard InChI is InChI=1S/C10H13FN4O/c1-13-10(12)14-6-9(16)15-8-4-2-7(11)3-5-8/h2-5H,6H2,1H3,(H,15,16)(H3,12,13,14). The van der Waals surface area contributed by atoms with E-state index in [9.17, 15) is 9.18 Å². The monoisotopic (exact) mass is 224 g/mol. The van der Waals surface area contributed by atoms with Crippen LogP contribution in [0.1, 0.15) is 0 Å². The van der Waals surface area contributed by atoms with E-state index in [1.54, 1.807) is 0 Å². The predicted octanol–water partition coefficient (Wildman–Crippen LogP) is 0.298. The highest BCUT2D eigenvalue weighted by Gasteiger charge is 2.02. The smallest absolute Gasteiger partial charge is 0.243 e. The van der Waals surface area contributed by atoms with Gasteiger partial charge < -0.3 is 16.4 Å². The van der Waals surface area contributed by atoms with Crippen molar-refractivity contribution in [3.8, 4) is 0 Å². The van der Waals surface area contributed by atoms with Crippen LogP contribution in [-0.4, -0.2) is 25.5 Å². The van der Waals surface area contributed by atoms with Gasteiger partial charge in [0, 0.05) is 12.7 Å². The first-order valence-corrected chi connectivity index (χ1v) is 4.63. The summed E-state index contributed by atoms with van der Waals surface area (Å²) >= 11 is 0. The highest BCUT2D eigenvalue weighted by molar-refractivity contribution is 5.94. The molecule has 0 saturated carbocycles. The zero-order valence-corrected chi connectivity index (χ0v) is 8.83. The van der Waals surface area contributed by atoms with Gasteiger partial charge >= 0.3 is 0 Å². The van der Waals surface area contributed by atoms with Gasteiger partial charge in [-0.2, -0.15) is 0 Å². The SMILES string of the molecule is CN=C(N)NCC(=O)Nc1ccc(F)cc1. The molecule has 1 aromatic rings. The van der Waals surface area contributed by atoms with Crippen LogP contribution in [0.2, 0.25) is 0 Å². The Hall–Kier alpha value is -2.11. The van der Waals surface area contributed by atoms with Gasteiger partial charge in [0.2, 0.25) is 5.91 Å². The first kappa shape index (κ1) is 12.0. The van der Waals surface area contributed by atoms with Gasteiger partial charge in [0.1, 0.15) is 5.82 Å². The topological polar surface area (TPSA) is 79.5 Å². The Morgan fingerprint density at radius 3 is 2.62 bits per heavy atom. The molecule has 0 aliphatic heterocycles. The molecule has 0 saturated heterocycles. The maximum atomic E-state index is 12.6. The summed E-state index contributed by atoms with van der Waals surface area (Å²) in [7, 11) is 1.51. The number of hydrogen-bond acceptors (Lipinski definition) is 2. The number of guanidine groups is 1. The Kier molecular flexibility index (Phi) is 4.26. The molecule has 0 radical (unpaired) electrons. The fourth-order valence-corrected chi connectivity index (χ4v) is 0.988. The molecule has 0 atom stereocenters. The van der Waals surface area contributed by atoms with Crippen LogP contribution in [0.3, 0.4) is 0 Å². The molecule has 0 aromatic heterocycles. The number of carbonyl (C=O) groups excluding carboxylic acids is 1. The van der Waals surface area contributed by atoms with E-state index in [-0.39, 0.29) is 24.2 Å². The van der Waals surface area contributed by atoms with E-state index in [4.69, 9.17) is 5.73 Å². The molecule has 0 aliphatic rings. The first-order chi connectivity index (χ1) is 7.61. The second-order valence-corrected chi connectivity index (χ2v) is 3.02. The van der Waals surface area contributed by atoms with Crippen molar-refractivity contribution in [1.82, 2.24) is 5.32 Å². The lowest BCUT2D eigenvalue weighted by Crippen LogP contribution is -2.37. The number of rotatable bonds is 3. The number of nitrogens with two attached hydrogens (primary N) is 1. The van der Waals surface area contributed by atoms with Gasteiger partial charge in [-0.25, -0.2) is 4.39 Å². The quantitative estimate of drug-likeness (QED) is 0.510. The summed E-state index contributed by atoms with van der Waals surface area (Å²) < 4.78 is 12.6. The van der Waals surface area contributed by atoms with Crippen LogP contribution in [0, 0.1) is 5.82 Å². The summed E-state index contributed by atoms with van der Waals surface area (Å²) in [5.41, 5.74) is 5.87. The zero-order chi connectivity index (χ0) is 12.0. The normalized spacial score (nSPS) is 11.0. The molecule has 4 N–H and O–H groups in total. The number of amides is 1. The second kappa shape index (κ2) is 5.69. The molecule has 0 unspecified atom stereocenters. The summed E-state index contributed by atoms with van der Waals surface area (Å²) in [4.78, 5) is 15.0. The molecule has 1 amide bonds. The number of hydrogen-bond donors (Lipinski definition) is 3. The van der Waals surface area contributed by atoms with Gasteiger partial charge in [0.05, 0.1) is 6.54 Å². The lowest BCUT2D eigenvalue weighted by molar-refractivity contribution is -0.115. The maximum absolute atomic E-state index is 12.6. The first-order valence-electron chi connectivity index (χ1n) is 4.63. The van der Waals surface area contributed by atoms with Crippen molar-refractivity contribution in [1.29, 1.82) is 0 Å². The molecule has 86 valence electrons. The molecule has 6 heteroatoms. The van der Waals surface area contributed by atoms with Gasteiger partial charge in [-0.1, -0.05) is 0 Å². The summed E-state index contributed by atoms with van der Waals surface area (Å²) in [5.74, 6) is -0.439. The van der Waals surface area contributed by atoms with Crippen molar-refractivity contribution in [2.24, 2.45) is 10.7 Å². The molecule has 5 nitrogen and oxygen atoms in total. The maximum Gasteiger partial charge on any atom is 0.243 e. The highest BCUT2D eigenvalue weighted by atomic mass is 19.1. The number of carbonyl (C=O) groups is 1. The number of benzene rings is 1. The van der Waals surface area contributed by atoms with Gasteiger partial charge in [-0.05, 0) is 24.3 Å². The zero-order valence-electron chi connectivity index (χ0n) is 8.83. The van der Waals surface area contributed by atoms with E-state index in [0.29, 0.717) is 5.69 Å². The fourth-order valence-electron chi connectivity index (χ4n) is 0.988. The van der Waals surface area contributed by atoms with Gasteiger partial charge in [0.15, 0.2) is 5.96 Å². The van der Waals surface area contributed by atoms with Crippen LogP contribution in [0.25, 0.3) is 0 Å². The third-order valence-electron chi connectivity index (χ3n) is 1.80. The van der Waals surface area contributed by atoms with Crippen molar-refractivity contribution in [3.63, 3.8) is 0 Å². The van der Waals surface area contributed by atoms with E-state index >= 15 is 0 Å². The van der Waals surface area contributed by atoms with E-state index in [0.717, 1.165) is 0 Å². The van der Waals surface area contributed by atoms with E-state index in [1.807, 2.05) is 0 Å². The molecule has 1 rings (SSSR count). The van der Waals surface area contributed by atoms with Gasteiger partial charge in [-0.3, -0.25) is 9.79 Å². The molecule has 16 heavy (non-hydrogen) atoms. The van der Waals surface area contributed by atoms with Crippen molar-refractivity contribution in [2.45, 2.75) is 0 Å². The van der Waals surface area contributed by atoms with Crippen LogP contribution in [0.15, 0.2) is 29.3 Å². The molecule has 0 bridgehead atoms. The third kappa shape index (κ3) is 3.95. The minimum absolute atomic E-state index is 0.0144. The van der Waals surface area contributed by atoms with Crippen molar-refractivity contribution < 1.29 is 9.18 Å². The lowest BCUT2D eigenvalue weighted by Gasteiger charge is -2.06. The Morgan fingerprint density at radius 2 is 2.06 bits per heavy atom. The number of nitrogens with one attached hydrogen (secondary N) is 2. The van der Waals surface area contributed by atoms with E-state index in [2.05, 4.69) is 15.6 Å². The molecule has 0 fully saturated rings. The Balaban J connectivity index is 2.43. The third-order valence-corrected chi connectivity index (χ3v) is 1.80. The number of halogens is 1. The summed E-state index contributed by atoms with van der Waals surface area (Å²) in [5, 5.41) is 5.18. The average Bonchev–Trinajstić information content (AvgIpc) is 2.29. The van der Waals surface area contributed by atoms with Gasteiger partial charge in [-0.15, -0.1) is 0 Å². The predicted molar refractivity (Wildman–Crippen MR) is 60.6 cm³/mol. The fraction of sp³-hybridized carbons (Fsp3) is 0.200. The summed E-state index contributed by atoms with van der Waals surface area (Å²) in [6, 6.07) is 5.49. The molecular formula is C10H13FN4O. The average molecular weight is 224 g/mol. The summed E-state index contributed by atoms with van der Waals surface area (Å²) in [6.07, 6.45) is 0. The minimum Gasteiger partial charge on any atom is -0.370 e. The van der Waals surface area contributed by atoms with Crippen molar-refractivity contribution in [2.75, 3.05) is 18.9 Å². The number of nitrogens with zero attached hydrogens (tertiary/aromatic N) is 1. The molecule has 1 aromatic carbocycles. The summed E-state index contributed by atoms with van der Waals surface area (Å²) in [6.45, 7) is 0.0144. The largest absolute Gasteiger partial charge is 0.370 e. The minimum atomic E-state index is -0.349. The van der Waals surface area contributed by atoms with Crippen LogP contribution < -0.4 is 16.4 Å². The van der Waals surface area contributed by atoms with Gasteiger partial charge in [0.25, 0.3) is 0 Å². The van der Waals surface area contributed by atoms with E-state index < -0.39 is 0 Å². The number of aliphatic imine (C=N–C) groups is 1. The molecule has 0 aliphatic carbocycles. The van der Waals surface area contributed by atoms with Crippen molar-refractivity contribution >= 4 is 17.6 Å². The molecular weight excluding hydrogens is 211 g/mol. The molecule has 0 spiro atoms.